The summed E-state index contributed by atoms with van der Waals surface area (Å²) in [6.07, 6.45) is 4.30. The third kappa shape index (κ3) is 1.67. The molecule has 2 aliphatic heterocycles. The summed E-state index contributed by atoms with van der Waals surface area (Å²) in [6.45, 7) is 4.70. The second-order valence-corrected chi connectivity index (χ2v) is 5.37. The molecular weight excluding hydrogens is 190 g/mol. The van der Waals surface area contributed by atoms with Crippen molar-refractivity contribution in [2.45, 2.75) is 51.1 Å². The molecule has 2 fully saturated rings. The van der Waals surface area contributed by atoms with E-state index in [1.54, 1.807) is 0 Å². The number of rotatable bonds is 3. The molecule has 0 N–H and O–H groups in total. The second kappa shape index (κ2) is 3.78. The molecule has 0 saturated carbocycles. The Morgan fingerprint density at radius 1 is 1.47 bits per heavy atom. The highest BCUT2D eigenvalue weighted by Gasteiger charge is 2.55. The Balaban J connectivity index is 2.00. The third-order valence-corrected chi connectivity index (χ3v) is 3.93. The molecule has 2 heterocycles. The van der Waals surface area contributed by atoms with Crippen molar-refractivity contribution in [3.63, 3.8) is 0 Å². The first-order valence-electron chi connectivity index (χ1n) is 5.96. The standard InChI is InChI=1S/C12H21NO2/c1-9(2)8-15-11(14)12-6-4-10(5-7-12)13(12)3/h9-10H,4-8H2,1-3H3. The normalized spacial score (nSPS) is 35.1. The lowest BCUT2D eigenvalue weighted by molar-refractivity contribution is -0.156. The van der Waals surface area contributed by atoms with Crippen molar-refractivity contribution in [2.75, 3.05) is 13.7 Å². The van der Waals surface area contributed by atoms with Crippen molar-refractivity contribution in [1.82, 2.24) is 4.90 Å². The predicted molar refractivity (Wildman–Crippen MR) is 58.5 cm³/mol. The van der Waals surface area contributed by atoms with Crippen molar-refractivity contribution in [2.24, 2.45) is 5.92 Å². The van der Waals surface area contributed by atoms with Gasteiger partial charge in [0.25, 0.3) is 0 Å². The van der Waals surface area contributed by atoms with Crippen LogP contribution in [0.15, 0.2) is 0 Å². The Hall–Kier alpha value is -0.570. The molecule has 2 rings (SSSR count). The summed E-state index contributed by atoms with van der Waals surface area (Å²) < 4.78 is 5.40. The molecule has 2 saturated heterocycles. The Bertz CT molecular complexity index is 254. The van der Waals surface area contributed by atoms with Gasteiger partial charge in [-0.1, -0.05) is 13.8 Å². The van der Waals surface area contributed by atoms with Gasteiger partial charge in [0.05, 0.1) is 6.61 Å². The number of carbonyl (C=O) groups excluding carboxylic acids is 1. The van der Waals surface area contributed by atoms with Crippen molar-refractivity contribution in [3.8, 4) is 0 Å². The highest BCUT2D eigenvalue weighted by Crippen LogP contribution is 2.45. The molecule has 0 spiro atoms. The van der Waals surface area contributed by atoms with Gasteiger partial charge >= 0.3 is 5.97 Å². The summed E-state index contributed by atoms with van der Waals surface area (Å²) in [4.78, 5) is 14.3. The lowest BCUT2D eigenvalue weighted by atomic mass is 9.88. The molecule has 0 aromatic carbocycles. The first-order chi connectivity index (χ1) is 7.06. The lowest BCUT2D eigenvalue weighted by Gasteiger charge is -2.29. The molecule has 0 aromatic rings. The van der Waals surface area contributed by atoms with Crippen LogP contribution in [0.3, 0.4) is 0 Å². The third-order valence-electron chi connectivity index (χ3n) is 3.93. The summed E-state index contributed by atoms with van der Waals surface area (Å²) in [5, 5.41) is 0. The molecule has 0 aromatic heterocycles. The first-order valence-corrected chi connectivity index (χ1v) is 5.96. The number of hydrogen-bond acceptors (Lipinski definition) is 3. The second-order valence-electron chi connectivity index (χ2n) is 5.37. The predicted octanol–water partition coefficient (Wildman–Crippen LogP) is 1.81. The Kier molecular flexibility index (Phi) is 2.75. The van der Waals surface area contributed by atoms with Crippen LogP contribution in [0.5, 0.6) is 0 Å². The molecule has 0 radical (unpaired) electrons. The monoisotopic (exact) mass is 211 g/mol. The van der Waals surface area contributed by atoms with Crippen molar-refractivity contribution >= 4 is 5.97 Å². The number of carbonyl (C=O) groups is 1. The van der Waals surface area contributed by atoms with E-state index in [2.05, 4.69) is 25.8 Å². The maximum atomic E-state index is 12.1. The Morgan fingerprint density at radius 3 is 2.47 bits per heavy atom. The van der Waals surface area contributed by atoms with E-state index in [1.807, 2.05) is 0 Å². The number of fused-ring (bicyclic) bond motifs is 2. The fraction of sp³-hybridized carbons (Fsp3) is 0.917. The van der Waals surface area contributed by atoms with Gasteiger partial charge in [-0.05, 0) is 38.6 Å². The van der Waals surface area contributed by atoms with Crippen LogP contribution in [0, 0.1) is 5.92 Å². The van der Waals surface area contributed by atoms with Gasteiger partial charge in [-0.25, -0.2) is 0 Å². The summed E-state index contributed by atoms with van der Waals surface area (Å²) >= 11 is 0. The first kappa shape index (κ1) is 10.9. The fourth-order valence-electron chi connectivity index (χ4n) is 2.89. The van der Waals surface area contributed by atoms with Gasteiger partial charge in [-0.2, -0.15) is 0 Å². The van der Waals surface area contributed by atoms with Gasteiger partial charge in [-0.15, -0.1) is 0 Å². The maximum absolute atomic E-state index is 12.1. The van der Waals surface area contributed by atoms with E-state index in [-0.39, 0.29) is 11.5 Å². The molecular formula is C12H21NO2. The van der Waals surface area contributed by atoms with Crippen molar-refractivity contribution in [1.29, 1.82) is 0 Å². The molecule has 0 atom stereocenters. The van der Waals surface area contributed by atoms with Crippen molar-refractivity contribution < 1.29 is 9.53 Å². The van der Waals surface area contributed by atoms with E-state index in [0.29, 0.717) is 18.6 Å². The van der Waals surface area contributed by atoms with E-state index in [9.17, 15) is 4.79 Å². The zero-order valence-electron chi connectivity index (χ0n) is 9.95. The minimum absolute atomic E-state index is 0.0127. The zero-order valence-corrected chi connectivity index (χ0v) is 9.95. The molecule has 2 bridgehead atoms. The quantitative estimate of drug-likeness (QED) is 0.667. The van der Waals surface area contributed by atoms with Gasteiger partial charge < -0.3 is 4.74 Å². The Morgan fingerprint density at radius 2 is 2.07 bits per heavy atom. The smallest absolute Gasteiger partial charge is 0.326 e. The maximum Gasteiger partial charge on any atom is 0.326 e. The lowest BCUT2D eigenvalue weighted by Crippen LogP contribution is -2.47. The number of ether oxygens (including phenoxy) is 1. The van der Waals surface area contributed by atoms with E-state index in [1.165, 1.54) is 0 Å². The van der Waals surface area contributed by atoms with Crippen LogP contribution in [-0.2, 0) is 9.53 Å². The van der Waals surface area contributed by atoms with E-state index >= 15 is 0 Å². The highest BCUT2D eigenvalue weighted by molar-refractivity contribution is 5.82. The SMILES string of the molecule is CC(C)COC(=O)C12CCC(CC1)N2C. The zero-order chi connectivity index (χ0) is 11.1. The minimum atomic E-state index is -0.264. The molecule has 0 unspecified atom stereocenters. The molecule has 0 aliphatic carbocycles. The van der Waals surface area contributed by atoms with Gasteiger partial charge in [0.1, 0.15) is 5.54 Å². The van der Waals surface area contributed by atoms with Crippen LogP contribution in [0.4, 0.5) is 0 Å². The molecule has 2 aliphatic rings. The largest absolute Gasteiger partial charge is 0.464 e. The summed E-state index contributed by atoms with van der Waals surface area (Å²) in [5.74, 6) is 0.438. The number of nitrogens with zero attached hydrogens (tertiary/aromatic N) is 1. The number of esters is 1. The average Bonchev–Trinajstić information content (AvgIpc) is 2.70. The summed E-state index contributed by atoms with van der Waals surface area (Å²) in [5.41, 5.74) is -0.264. The number of hydrogen-bond donors (Lipinski definition) is 0. The highest BCUT2D eigenvalue weighted by atomic mass is 16.5. The number of likely N-dealkylation sites (N-methyl/N-ethyl adjacent to an activating group) is 1. The van der Waals surface area contributed by atoms with Gasteiger partial charge in [0, 0.05) is 6.04 Å². The van der Waals surface area contributed by atoms with Crippen LogP contribution in [-0.4, -0.2) is 36.1 Å². The van der Waals surface area contributed by atoms with Gasteiger partial charge in [0.2, 0.25) is 0 Å². The fourth-order valence-corrected chi connectivity index (χ4v) is 2.89. The van der Waals surface area contributed by atoms with Crippen molar-refractivity contribution in [3.05, 3.63) is 0 Å². The van der Waals surface area contributed by atoms with E-state index in [4.69, 9.17) is 4.74 Å². The molecule has 15 heavy (non-hydrogen) atoms. The molecule has 3 nitrogen and oxygen atoms in total. The summed E-state index contributed by atoms with van der Waals surface area (Å²) in [7, 11) is 2.07. The van der Waals surface area contributed by atoms with Crippen LogP contribution < -0.4 is 0 Å². The summed E-state index contributed by atoms with van der Waals surface area (Å²) in [6, 6.07) is 0.622. The van der Waals surface area contributed by atoms with Crippen LogP contribution in [0.25, 0.3) is 0 Å². The topological polar surface area (TPSA) is 29.5 Å². The van der Waals surface area contributed by atoms with E-state index < -0.39 is 0 Å². The van der Waals surface area contributed by atoms with Crippen LogP contribution >= 0.6 is 0 Å². The molecule has 86 valence electrons. The molecule has 0 amide bonds. The molecule has 3 heteroatoms. The van der Waals surface area contributed by atoms with Gasteiger partial charge in [-0.3, -0.25) is 9.69 Å². The average molecular weight is 211 g/mol. The minimum Gasteiger partial charge on any atom is -0.464 e. The van der Waals surface area contributed by atoms with Crippen LogP contribution in [0.1, 0.15) is 39.5 Å². The van der Waals surface area contributed by atoms with Crippen LogP contribution in [0.2, 0.25) is 0 Å². The Labute approximate surface area is 91.8 Å². The van der Waals surface area contributed by atoms with Gasteiger partial charge in [0.15, 0.2) is 0 Å². The van der Waals surface area contributed by atoms with E-state index in [0.717, 1.165) is 25.7 Å².